The second-order valence-corrected chi connectivity index (χ2v) is 4.74. The van der Waals surface area contributed by atoms with E-state index in [-0.39, 0.29) is 0 Å². The van der Waals surface area contributed by atoms with Crippen molar-refractivity contribution in [3.8, 4) is 0 Å². The fraction of sp³-hybridized carbons (Fsp3) is 0.0769. The lowest BCUT2D eigenvalue weighted by Crippen LogP contribution is -2.06. The molecular formula is C13H14N2O4S. The Labute approximate surface area is 122 Å². The maximum absolute atomic E-state index is 11.0. The zero-order chi connectivity index (χ0) is 18.5. The first-order valence-electron chi connectivity index (χ1n) is 7.27. The largest absolute Gasteiger partial charge is 0.326 e. The molecule has 0 fully saturated rings. The zero-order valence-corrected chi connectivity index (χ0v) is 11.2. The van der Waals surface area contributed by atoms with Gasteiger partial charge in [0, 0.05) is 25.0 Å². The summed E-state index contributed by atoms with van der Waals surface area (Å²) in [5, 5.41) is 2.07. The van der Waals surface area contributed by atoms with E-state index in [9.17, 15) is 13.2 Å². The third-order valence-corrected chi connectivity index (χ3v) is 2.45. The van der Waals surface area contributed by atoms with Crippen LogP contribution in [0.3, 0.4) is 0 Å². The fourth-order valence-electron chi connectivity index (χ4n) is 0.981. The van der Waals surface area contributed by atoms with Gasteiger partial charge in [-0.3, -0.25) is 14.3 Å². The first kappa shape index (κ1) is 10.5. The van der Waals surface area contributed by atoms with E-state index in [1.807, 2.05) is 18.2 Å². The molecule has 2 N–H and O–H groups in total. The minimum Gasteiger partial charge on any atom is -0.326 e. The van der Waals surface area contributed by atoms with Crippen LogP contribution in [0.15, 0.2) is 59.7 Å². The molecule has 0 aliphatic heterocycles. The van der Waals surface area contributed by atoms with Crippen LogP contribution in [0.5, 0.6) is 0 Å². The van der Waals surface area contributed by atoms with Gasteiger partial charge in [0.2, 0.25) is 5.91 Å². The van der Waals surface area contributed by atoms with Crippen LogP contribution < -0.4 is 5.32 Å². The Bertz CT molecular complexity index is 789. The van der Waals surface area contributed by atoms with Crippen molar-refractivity contribution in [3.63, 3.8) is 0 Å². The van der Waals surface area contributed by atoms with Crippen LogP contribution in [0.2, 0.25) is 0 Å². The second kappa shape index (κ2) is 7.37. The normalized spacial score (nSPS) is 12.9. The van der Waals surface area contributed by atoms with Crippen LogP contribution in [0.25, 0.3) is 0 Å². The molecule has 106 valence electrons. The number of anilines is 1. The van der Waals surface area contributed by atoms with E-state index in [1.165, 1.54) is 0 Å². The van der Waals surface area contributed by atoms with Crippen LogP contribution in [0.1, 0.15) is 12.4 Å². The number of nitrogens with one attached hydrogen (secondary N) is 1. The summed E-state index contributed by atoms with van der Waals surface area (Å²) in [6.45, 7) is 1.10. The lowest BCUT2D eigenvalue weighted by molar-refractivity contribution is -0.114. The number of carbonyl (C=O) groups is 1. The molecule has 0 saturated heterocycles. The predicted octanol–water partition coefficient (Wildman–Crippen LogP) is 1.97. The first-order chi connectivity index (χ1) is 11.1. The van der Waals surface area contributed by atoms with Crippen molar-refractivity contribution in [1.29, 1.82) is 0 Å². The molecule has 1 heterocycles. The van der Waals surface area contributed by atoms with Crippen molar-refractivity contribution < 1.29 is 23.2 Å². The molecule has 0 spiro atoms. The number of pyridine rings is 1. The first-order valence-corrected chi connectivity index (χ1v) is 6.71. The molecule has 0 saturated carbocycles. The van der Waals surface area contributed by atoms with Crippen molar-refractivity contribution in [2.75, 3.05) is 5.32 Å². The Morgan fingerprint density at radius 2 is 1.75 bits per heavy atom. The SMILES string of the molecule is [2H]c1c([2H])c(S(=O)(=O)O)c([2H])c([2H])c1NC(C)=O.c1ccncc1. The van der Waals surface area contributed by atoms with Crippen molar-refractivity contribution >= 4 is 21.7 Å². The van der Waals surface area contributed by atoms with E-state index >= 15 is 0 Å². The molecule has 0 aliphatic rings. The van der Waals surface area contributed by atoms with E-state index in [1.54, 1.807) is 12.4 Å². The summed E-state index contributed by atoms with van der Waals surface area (Å²) >= 11 is 0. The highest BCUT2D eigenvalue weighted by molar-refractivity contribution is 7.85. The molecule has 1 amide bonds. The van der Waals surface area contributed by atoms with Crippen LogP contribution in [0.4, 0.5) is 5.69 Å². The summed E-state index contributed by atoms with van der Waals surface area (Å²) in [4.78, 5) is 13.5. The summed E-state index contributed by atoms with van der Waals surface area (Å²) in [7, 11) is -4.88. The molecule has 0 atom stereocenters. The molecule has 2 rings (SSSR count). The van der Waals surface area contributed by atoms with Gasteiger partial charge >= 0.3 is 0 Å². The Kier molecular flexibility index (Phi) is 3.88. The number of nitrogens with zero attached hydrogens (tertiary/aromatic N) is 1. The molecule has 0 radical (unpaired) electrons. The van der Waals surface area contributed by atoms with Crippen molar-refractivity contribution in [1.82, 2.24) is 4.98 Å². The number of carbonyl (C=O) groups excluding carboxylic acids is 1. The molecule has 0 unspecified atom stereocenters. The van der Waals surface area contributed by atoms with Gasteiger partial charge < -0.3 is 5.32 Å². The molecule has 2 aromatic rings. The third-order valence-electron chi connectivity index (χ3n) is 1.73. The molecule has 1 aromatic heterocycles. The summed E-state index contributed by atoms with van der Waals surface area (Å²) in [6.07, 6.45) is 3.50. The summed E-state index contributed by atoms with van der Waals surface area (Å²) in [5.74, 6) is -0.629. The maximum atomic E-state index is 11.0. The third kappa shape index (κ3) is 6.07. The Balaban J connectivity index is 0.000000400. The van der Waals surface area contributed by atoms with Crippen molar-refractivity contribution in [3.05, 3.63) is 54.8 Å². The lowest BCUT2D eigenvalue weighted by Gasteiger charge is -2.01. The zero-order valence-electron chi connectivity index (χ0n) is 14.4. The van der Waals surface area contributed by atoms with Crippen molar-refractivity contribution in [2.45, 2.75) is 11.8 Å². The van der Waals surface area contributed by atoms with Crippen LogP contribution in [0, 0.1) is 0 Å². The average Bonchev–Trinajstić information content (AvgIpc) is 2.50. The highest BCUT2D eigenvalue weighted by atomic mass is 32.2. The fourth-order valence-corrected chi connectivity index (χ4v) is 1.34. The summed E-state index contributed by atoms with van der Waals surface area (Å²) in [5.41, 5.74) is -0.440. The number of amides is 1. The van der Waals surface area contributed by atoms with Gasteiger partial charge in [-0.2, -0.15) is 8.42 Å². The quantitative estimate of drug-likeness (QED) is 0.826. The molecule has 0 bridgehead atoms. The molecule has 1 aromatic carbocycles. The lowest BCUT2D eigenvalue weighted by atomic mass is 10.3. The minimum atomic E-state index is -4.88. The second-order valence-electron chi connectivity index (χ2n) is 3.38. The van der Waals surface area contributed by atoms with Gasteiger partial charge in [0.1, 0.15) is 0 Å². The van der Waals surface area contributed by atoms with Crippen molar-refractivity contribution in [2.24, 2.45) is 0 Å². The van der Waals surface area contributed by atoms with Gasteiger partial charge in [0.15, 0.2) is 0 Å². The number of hydrogen-bond acceptors (Lipinski definition) is 4. The van der Waals surface area contributed by atoms with E-state index in [0.29, 0.717) is 0 Å². The van der Waals surface area contributed by atoms with Crippen LogP contribution >= 0.6 is 0 Å². The van der Waals surface area contributed by atoms with E-state index in [4.69, 9.17) is 10.0 Å². The molecular weight excluding hydrogens is 280 g/mol. The van der Waals surface area contributed by atoms with Gasteiger partial charge in [-0.05, 0) is 36.3 Å². The number of rotatable bonds is 2. The van der Waals surface area contributed by atoms with Crippen LogP contribution in [-0.2, 0) is 14.9 Å². The van der Waals surface area contributed by atoms with Gasteiger partial charge in [0.25, 0.3) is 10.1 Å². The van der Waals surface area contributed by atoms with Crippen LogP contribution in [-0.4, -0.2) is 23.9 Å². The highest BCUT2D eigenvalue weighted by Gasteiger charge is 2.08. The monoisotopic (exact) mass is 298 g/mol. The van der Waals surface area contributed by atoms with E-state index in [0.717, 1.165) is 6.92 Å². The van der Waals surface area contributed by atoms with Gasteiger partial charge in [-0.15, -0.1) is 0 Å². The van der Waals surface area contributed by atoms with E-state index < -0.39 is 50.8 Å². The van der Waals surface area contributed by atoms with Gasteiger partial charge in [-0.1, -0.05) is 6.07 Å². The average molecular weight is 298 g/mol. The molecule has 0 aliphatic carbocycles. The minimum absolute atomic E-state index is 0.440. The Hall–Kier alpha value is -2.25. The topological polar surface area (TPSA) is 96.4 Å². The molecule has 6 nitrogen and oxygen atoms in total. The van der Waals surface area contributed by atoms with Gasteiger partial charge in [0.05, 0.1) is 10.4 Å². The Morgan fingerprint density at radius 3 is 2.05 bits per heavy atom. The van der Waals surface area contributed by atoms with E-state index in [2.05, 4.69) is 10.3 Å². The number of benzene rings is 1. The van der Waals surface area contributed by atoms with Gasteiger partial charge in [-0.25, -0.2) is 0 Å². The highest BCUT2D eigenvalue weighted by Crippen LogP contribution is 2.13. The maximum Gasteiger partial charge on any atom is 0.294 e. The summed E-state index contributed by atoms with van der Waals surface area (Å²) < 4.78 is 60.5. The molecule has 20 heavy (non-hydrogen) atoms. The standard InChI is InChI=1S/C8H9NO4S.C5H5N/c1-6(10)9-7-2-4-8(5-3-7)14(11,12)13;1-2-4-6-5-3-1/h2-5H,1H3,(H,9,10)(H,11,12,13);1-5H/i2D,3D,4D,5D;. The Morgan fingerprint density at radius 1 is 1.20 bits per heavy atom. The smallest absolute Gasteiger partial charge is 0.294 e. The summed E-state index contributed by atoms with van der Waals surface area (Å²) in [6, 6.07) is 2.33. The number of hydrogen-bond donors (Lipinski definition) is 2. The molecule has 7 heteroatoms. The predicted molar refractivity (Wildman–Crippen MR) is 74.8 cm³/mol. The number of aromatic nitrogens is 1.